The molecule has 1 aliphatic rings. The number of ether oxygens (including phenoxy) is 1. The van der Waals surface area contributed by atoms with Crippen molar-refractivity contribution in [3.63, 3.8) is 0 Å². The maximum atomic E-state index is 6.20. The average Bonchev–Trinajstić information content (AvgIpc) is 2.95. The molecule has 3 rings (SSSR count). The van der Waals surface area contributed by atoms with E-state index in [9.17, 15) is 0 Å². The van der Waals surface area contributed by atoms with Crippen LogP contribution in [-0.2, 0) is 6.42 Å². The van der Waals surface area contributed by atoms with Gasteiger partial charge in [-0.1, -0.05) is 11.6 Å². The predicted octanol–water partition coefficient (Wildman–Crippen LogP) is 3.72. The highest BCUT2D eigenvalue weighted by atomic mass is 35.5. The van der Waals surface area contributed by atoms with Gasteiger partial charge in [-0.25, -0.2) is 0 Å². The Morgan fingerprint density at radius 2 is 2.33 bits per heavy atom. The van der Waals surface area contributed by atoms with Crippen LogP contribution in [0.25, 0.3) is 11.1 Å². The van der Waals surface area contributed by atoms with E-state index in [0.29, 0.717) is 6.54 Å². The molecule has 0 bridgehead atoms. The zero-order valence-electron chi connectivity index (χ0n) is 10.1. The van der Waals surface area contributed by atoms with Crippen molar-refractivity contribution in [2.75, 3.05) is 6.54 Å². The van der Waals surface area contributed by atoms with Crippen molar-refractivity contribution in [3.8, 4) is 16.9 Å². The molecule has 0 spiro atoms. The van der Waals surface area contributed by atoms with Gasteiger partial charge in [0.15, 0.2) is 0 Å². The van der Waals surface area contributed by atoms with Gasteiger partial charge in [-0.15, -0.1) is 0 Å². The normalized spacial score (nSPS) is 21.7. The second kappa shape index (κ2) is 4.26. The monoisotopic (exact) mass is 279 g/mol. The smallest absolute Gasteiger partial charge is 0.131 e. The summed E-state index contributed by atoms with van der Waals surface area (Å²) in [6.45, 7) is 2.54. The van der Waals surface area contributed by atoms with Crippen LogP contribution >= 0.6 is 22.9 Å². The molecule has 18 heavy (non-hydrogen) atoms. The Morgan fingerprint density at radius 3 is 3.00 bits per heavy atom. The SMILES string of the molecule is C[C@@]1(CN)Cc2cc(Cl)cc(-c3ccsc3)c2O1. The molecular formula is C14H14ClNOS. The third kappa shape index (κ3) is 1.92. The molecule has 1 aromatic carbocycles. The fourth-order valence-electron chi connectivity index (χ4n) is 2.33. The quantitative estimate of drug-likeness (QED) is 0.909. The number of fused-ring (bicyclic) bond motifs is 1. The maximum Gasteiger partial charge on any atom is 0.131 e. The largest absolute Gasteiger partial charge is 0.485 e. The predicted molar refractivity (Wildman–Crippen MR) is 76.6 cm³/mol. The number of halogens is 1. The van der Waals surface area contributed by atoms with Crippen LogP contribution in [0.5, 0.6) is 5.75 Å². The molecule has 0 fully saturated rings. The van der Waals surface area contributed by atoms with Crippen LogP contribution in [0.15, 0.2) is 29.0 Å². The highest BCUT2D eigenvalue weighted by Gasteiger charge is 2.35. The fourth-order valence-corrected chi connectivity index (χ4v) is 3.23. The number of thiophene rings is 1. The first-order valence-electron chi connectivity index (χ1n) is 5.85. The van der Waals surface area contributed by atoms with Crippen molar-refractivity contribution in [1.82, 2.24) is 0 Å². The van der Waals surface area contributed by atoms with Crippen LogP contribution in [0.2, 0.25) is 5.02 Å². The third-order valence-electron chi connectivity index (χ3n) is 3.31. The maximum absolute atomic E-state index is 6.20. The van der Waals surface area contributed by atoms with Crippen molar-refractivity contribution < 1.29 is 4.74 Å². The molecule has 1 aliphatic heterocycles. The lowest BCUT2D eigenvalue weighted by molar-refractivity contribution is 0.126. The van der Waals surface area contributed by atoms with Gasteiger partial charge in [-0.3, -0.25) is 0 Å². The van der Waals surface area contributed by atoms with E-state index in [1.54, 1.807) is 11.3 Å². The summed E-state index contributed by atoms with van der Waals surface area (Å²) in [6, 6.07) is 6.02. The molecule has 1 aromatic heterocycles. The number of nitrogens with two attached hydrogens (primary N) is 1. The van der Waals surface area contributed by atoms with Gasteiger partial charge in [-0.05, 0) is 41.4 Å². The van der Waals surface area contributed by atoms with E-state index in [0.717, 1.165) is 33.9 Å². The highest BCUT2D eigenvalue weighted by Crippen LogP contribution is 2.44. The van der Waals surface area contributed by atoms with Gasteiger partial charge in [0.25, 0.3) is 0 Å². The van der Waals surface area contributed by atoms with Gasteiger partial charge in [-0.2, -0.15) is 11.3 Å². The fraction of sp³-hybridized carbons (Fsp3) is 0.286. The van der Waals surface area contributed by atoms with Crippen LogP contribution in [-0.4, -0.2) is 12.1 Å². The third-order valence-corrected chi connectivity index (χ3v) is 4.21. The summed E-state index contributed by atoms with van der Waals surface area (Å²) in [5.41, 5.74) is 8.86. The molecule has 0 saturated carbocycles. The molecule has 0 aliphatic carbocycles. The second-order valence-corrected chi connectivity index (χ2v) is 6.10. The minimum atomic E-state index is -0.308. The molecule has 0 unspecified atom stereocenters. The first-order chi connectivity index (χ1) is 8.61. The number of hydrogen-bond acceptors (Lipinski definition) is 3. The van der Waals surface area contributed by atoms with E-state index >= 15 is 0 Å². The number of benzene rings is 1. The van der Waals surface area contributed by atoms with E-state index < -0.39 is 0 Å². The van der Waals surface area contributed by atoms with Gasteiger partial charge in [0, 0.05) is 29.1 Å². The standard InChI is InChI=1S/C14H14ClNOS/c1-14(8-16)6-10-4-11(15)5-12(13(10)17-14)9-2-3-18-7-9/h2-5,7H,6,8,16H2,1H3/t14-/m0/s1. The van der Waals surface area contributed by atoms with Crippen molar-refractivity contribution in [2.45, 2.75) is 18.9 Å². The molecule has 0 amide bonds. The Hall–Kier alpha value is -1.03. The first-order valence-corrected chi connectivity index (χ1v) is 7.17. The average molecular weight is 280 g/mol. The van der Waals surface area contributed by atoms with Gasteiger partial charge in [0.05, 0.1) is 0 Å². The second-order valence-electron chi connectivity index (χ2n) is 4.89. The van der Waals surface area contributed by atoms with E-state index in [1.807, 2.05) is 19.1 Å². The number of rotatable bonds is 2. The van der Waals surface area contributed by atoms with Crippen molar-refractivity contribution in [2.24, 2.45) is 5.73 Å². The molecule has 0 radical (unpaired) electrons. The lowest BCUT2D eigenvalue weighted by Gasteiger charge is -2.21. The summed E-state index contributed by atoms with van der Waals surface area (Å²) >= 11 is 7.87. The van der Waals surface area contributed by atoms with E-state index in [2.05, 4.69) is 16.8 Å². The molecule has 2 heterocycles. The van der Waals surface area contributed by atoms with Gasteiger partial charge < -0.3 is 10.5 Å². The zero-order chi connectivity index (χ0) is 12.8. The van der Waals surface area contributed by atoms with Gasteiger partial charge in [0.1, 0.15) is 11.4 Å². The summed E-state index contributed by atoms with van der Waals surface area (Å²) in [6.07, 6.45) is 0.816. The summed E-state index contributed by atoms with van der Waals surface area (Å²) in [7, 11) is 0. The minimum absolute atomic E-state index is 0.308. The topological polar surface area (TPSA) is 35.2 Å². The van der Waals surface area contributed by atoms with Crippen LogP contribution < -0.4 is 10.5 Å². The van der Waals surface area contributed by atoms with Crippen LogP contribution in [0.3, 0.4) is 0 Å². The minimum Gasteiger partial charge on any atom is -0.485 e. The molecule has 2 aromatic rings. The Morgan fingerprint density at radius 1 is 1.50 bits per heavy atom. The molecule has 2 nitrogen and oxygen atoms in total. The van der Waals surface area contributed by atoms with Crippen molar-refractivity contribution in [3.05, 3.63) is 39.5 Å². The van der Waals surface area contributed by atoms with E-state index in [4.69, 9.17) is 22.1 Å². The lowest BCUT2D eigenvalue weighted by atomic mass is 9.97. The number of hydrogen-bond donors (Lipinski definition) is 1. The van der Waals surface area contributed by atoms with E-state index in [-0.39, 0.29) is 5.60 Å². The lowest BCUT2D eigenvalue weighted by Crippen LogP contribution is -2.38. The molecule has 4 heteroatoms. The summed E-state index contributed by atoms with van der Waals surface area (Å²) in [4.78, 5) is 0. The van der Waals surface area contributed by atoms with Crippen LogP contribution in [0.1, 0.15) is 12.5 Å². The Kier molecular flexibility index (Phi) is 2.85. The highest BCUT2D eigenvalue weighted by molar-refractivity contribution is 7.08. The molecule has 94 valence electrons. The van der Waals surface area contributed by atoms with E-state index in [1.165, 1.54) is 0 Å². The van der Waals surface area contributed by atoms with Crippen LogP contribution in [0.4, 0.5) is 0 Å². The van der Waals surface area contributed by atoms with Crippen molar-refractivity contribution >= 4 is 22.9 Å². The molecule has 2 N–H and O–H groups in total. The van der Waals surface area contributed by atoms with Gasteiger partial charge in [0.2, 0.25) is 0 Å². The first kappa shape index (κ1) is 12.0. The van der Waals surface area contributed by atoms with Crippen molar-refractivity contribution in [1.29, 1.82) is 0 Å². The molecule has 1 atom stereocenters. The van der Waals surface area contributed by atoms with Gasteiger partial charge >= 0.3 is 0 Å². The van der Waals surface area contributed by atoms with Crippen LogP contribution in [0, 0.1) is 0 Å². The zero-order valence-corrected chi connectivity index (χ0v) is 11.6. The molecular weight excluding hydrogens is 266 g/mol. The Labute approximate surface area is 115 Å². The Bertz CT molecular complexity index is 582. The summed E-state index contributed by atoms with van der Waals surface area (Å²) in [5, 5.41) is 4.91. The Balaban J connectivity index is 2.14. The summed E-state index contributed by atoms with van der Waals surface area (Å²) < 4.78 is 6.07. The molecule has 0 saturated heterocycles. The summed E-state index contributed by atoms with van der Waals surface area (Å²) in [5.74, 6) is 0.936.